The SMILES string of the molecule is CN=C(NCc1nc(C)no1)NCC(C(C)C)N1CCCCCC1. The lowest BCUT2D eigenvalue weighted by molar-refractivity contribution is 0.161. The Labute approximate surface area is 145 Å². The minimum absolute atomic E-state index is 0.483. The minimum Gasteiger partial charge on any atom is -0.355 e. The first-order chi connectivity index (χ1) is 11.6. The number of aryl methyl sites for hydroxylation is 1. The van der Waals surface area contributed by atoms with Gasteiger partial charge in [-0.2, -0.15) is 4.98 Å². The third-order valence-corrected chi connectivity index (χ3v) is 4.56. The van der Waals surface area contributed by atoms with E-state index in [0.29, 0.717) is 30.2 Å². The van der Waals surface area contributed by atoms with Crippen molar-refractivity contribution in [3.63, 3.8) is 0 Å². The van der Waals surface area contributed by atoms with E-state index < -0.39 is 0 Å². The largest absolute Gasteiger partial charge is 0.355 e. The molecule has 1 fully saturated rings. The first-order valence-corrected chi connectivity index (χ1v) is 9.08. The van der Waals surface area contributed by atoms with Gasteiger partial charge in [0.25, 0.3) is 0 Å². The molecule has 0 saturated carbocycles. The Morgan fingerprint density at radius 2 is 1.92 bits per heavy atom. The van der Waals surface area contributed by atoms with Crippen LogP contribution in [0.2, 0.25) is 0 Å². The molecule has 1 aromatic rings. The monoisotopic (exact) mass is 336 g/mol. The van der Waals surface area contributed by atoms with E-state index in [9.17, 15) is 0 Å². The summed E-state index contributed by atoms with van der Waals surface area (Å²) in [7, 11) is 1.78. The van der Waals surface area contributed by atoms with Gasteiger partial charge in [0, 0.05) is 19.6 Å². The second-order valence-corrected chi connectivity index (χ2v) is 6.80. The molecule has 7 nitrogen and oxygen atoms in total. The molecule has 1 unspecified atom stereocenters. The van der Waals surface area contributed by atoms with Gasteiger partial charge in [0.15, 0.2) is 11.8 Å². The van der Waals surface area contributed by atoms with Gasteiger partial charge in [-0.15, -0.1) is 0 Å². The summed E-state index contributed by atoms with van der Waals surface area (Å²) in [5.74, 6) is 2.60. The molecule has 2 heterocycles. The van der Waals surface area contributed by atoms with E-state index in [1.807, 2.05) is 6.92 Å². The Morgan fingerprint density at radius 1 is 1.21 bits per heavy atom. The van der Waals surface area contributed by atoms with Crippen LogP contribution in [-0.2, 0) is 6.54 Å². The lowest BCUT2D eigenvalue weighted by atomic mass is 10.0. The first kappa shape index (κ1) is 18.7. The fourth-order valence-electron chi connectivity index (χ4n) is 3.21. The van der Waals surface area contributed by atoms with Gasteiger partial charge in [0.1, 0.15) is 0 Å². The number of nitrogens with one attached hydrogen (secondary N) is 2. The van der Waals surface area contributed by atoms with Crippen LogP contribution in [0.25, 0.3) is 0 Å². The van der Waals surface area contributed by atoms with E-state index in [0.717, 1.165) is 12.5 Å². The average Bonchev–Trinajstić information content (AvgIpc) is 2.81. The molecule has 1 atom stereocenters. The van der Waals surface area contributed by atoms with Gasteiger partial charge in [-0.1, -0.05) is 31.8 Å². The van der Waals surface area contributed by atoms with Crippen LogP contribution in [0.5, 0.6) is 0 Å². The van der Waals surface area contributed by atoms with Crippen LogP contribution in [0.4, 0.5) is 0 Å². The standard InChI is InChI=1S/C17H32N6O/c1-13(2)15(23-9-7-5-6-8-10-23)11-19-17(18-4)20-12-16-21-14(3)22-24-16/h13,15H,5-12H2,1-4H3,(H2,18,19,20). The molecular formula is C17H32N6O. The van der Waals surface area contributed by atoms with E-state index in [-0.39, 0.29) is 0 Å². The second kappa shape index (κ2) is 9.61. The topological polar surface area (TPSA) is 78.6 Å². The summed E-state index contributed by atoms with van der Waals surface area (Å²) < 4.78 is 5.12. The number of aromatic nitrogens is 2. The molecule has 136 valence electrons. The van der Waals surface area contributed by atoms with Crippen molar-refractivity contribution in [2.24, 2.45) is 10.9 Å². The van der Waals surface area contributed by atoms with Crippen LogP contribution in [0, 0.1) is 12.8 Å². The number of nitrogens with zero attached hydrogens (tertiary/aromatic N) is 4. The molecule has 1 aliphatic rings. The maximum absolute atomic E-state index is 5.12. The molecule has 0 aliphatic carbocycles. The molecule has 1 aliphatic heterocycles. The zero-order valence-electron chi connectivity index (χ0n) is 15.5. The molecule has 0 radical (unpaired) electrons. The van der Waals surface area contributed by atoms with Gasteiger partial charge >= 0.3 is 0 Å². The van der Waals surface area contributed by atoms with Gasteiger partial charge in [0.05, 0.1) is 6.54 Å². The van der Waals surface area contributed by atoms with Gasteiger partial charge < -0.3 is 15.2 Å². The van der Waals surface area contributed by atoms with Gasteiger partial charge in [-0.25, -0.2) is 0 Å². The first-order valence-electron chi connectivity index (χ1n) is 9.08. The molecule has 0 aromatic carbocycles. The van der Waals surface area contributed by atoms with Crippen LogP contribution < -0.4 is 10.6 Å². The van der Waals surface area contributed by atoms with Crippen LogP contribution in [-0.4, -0.2) is 53.7 Å². The molecule has 0 amide bonds. The molecule has 2 N–H and O–H groups in total. The highest BCUT2D eigenvalue weighted by Gasteiger charge is 2.22. The number of likely N-dealkylation sites (tertiary alicyclic amines) is 1. The van der Waals surface area contributed by atoms with Crippen molar-refractivity contribution >= 4 is 5.96 Å². The maximum Gasteiger partial charge on any atom is 0.246 e. The number of hydrogen-bond donors (Lipinski definition) is 2. The van der Waals surface area contributed by atoms with Crippen molar-refractivity contribution in [2.75, 3.05) is 26.7 Å². The Hall–Kier alpha value is -1.63. The Bertz CT molecular complexity index is 505. The summed E-state index contributed by atoms with van der Waals surface area (Å²) in [5, 5.41) is 10.5. The van der Waals surface area contributed by atoms with Gasteiger partial charge in [0.2, 0.25) is 5.89 Å². The molecule has 2 rings (SSSR count). The molecular weight excluding hydrogens is 304 g/mol. The van der Waals surface area contributed by atoms with E-state index in [4.69, 9.17) is 4.52 Å². The third kappa shape index (κ3) is 5.78. The molecule has 1 aromatic heterocycles. The number of hydrogen-bond acceptors (Lipinski definition) is 5. The fourth-order valence-corrected chi connectivity index (χ4v) is 3.21. The normalized spacial score (nSPS) is 18.5. The van der Waals surface area contributed by atoms with E-state index in [1.165, 1.54) is 38.8 Å². The third-order valence-electron chi connectivity index (χ3n) is 4.56. The van der Waals surface area contributed by atoms with Gasteiger partial charge in [-0.3, -0.25) is 9.89 Å². The summed E-state index contributed by atoms with van der Waals surface area (Å²) in [5.41, 5.74) is 0. The average molecular weight is 336 g/mol. The number of aliphatic imine (C=N–C) groups is 1. The lowest BCUT2D eigenvalue weighted by Crippen LogP contribution is -2.49. The van der Waals surface area contributed by atoms with Crippen molar-refractivity contribution in [3.05, 3.63) is 11.7 Å². The fraction of sp³-hybridized carbons (Fsp3) is 0.824. The predicted octanol–water partition coefficient (Wildman–Crippen LogP) is 1.94. The number of rotatable bonds is 6. The highest BCUT2D eigenvalue weighted by Crippen LogP contribution is 2.17. The zero-order chi connectivity index (χ0) is 17.4. The van der Waals surface area contributed by atoms with Crippen LogP contribution in [0.3, 0.4) is 0 Å². The Balaban J connectivity index is 1.84. The molecule has 0 spiro atoms. The van der Waals surface area contributed by atoms with Crippen LogP contribution in [0.1, 0.15) is 51.2 Å². The van der Waals surface area contributed by atoms with Crippen molar-refractivity contribution < 1.29 is 4.52 Å². The minimum atomic E-state index is 0.483. The predicted molar refractivity (Wildman–Crippen MR) is 95.9 cm³/mol. The summed E-state index contributed by atoms with van der Waals surface area (Å²) in [6.07, 6.45) is 5.35. The smallest absolute Gasteiger partial charge is 0.246 e. The summed E-state index contributed by atoms with van der Waals surface area (Å²) in [4.78, 5) is 11.1. The van der Waals surface area contributed by atoms with Crippen molar-refractivity contribution in [1.29, 1.82) is 0 Å². The van der Waals surface area contributed by atoms with Crippen molar-refractivity contribution in [1.82, 2.24) is 25.7 Å². The van der Waals surface area contributed by atoms with Gasteiger partial charge in [-0.05, 0) is 38.8 Å². The van der Waals surface area contributed by atoms with E-state index >= 15 is 0 Å². The summed E-state index contributed by atoms with van der Waals surface area (Å²) >= 11 is 0. The van der Waals surface area contributed by atoms with E-state index in [1.54, 1.807) is 7.05 Å². The molecule has 7 heteroatoms. The zero-order valence-corrected chi connectivity index (χ0v) is 15.5. The second-order valence-electron chi connectivity index (χ2n) is 6.80. The Morgan fingerprint density at radius 3 is 2.46 bits per heavy atom. The molecule has 24 heavy (non-hydrogen) atoms. The molecule has 1 saturated heterocycles. The van der Waals surface area contributed by atoms with E-state index in [2.05, 4.69) is 44.5 Å². The van der Waals surface area contributed by atoms with Crippen molar-refractivity contribution in [2.45, 2.75) is 59.0 Å². The highest BCUT2D eigenvalue weighted by atomic mass is 16.5. The number of guanidine groups is 1. The Kier molecular flexibility index (Phi) is 7.49. The maximum atomic E-state index is 5.12. The summed E-state index contributed by atoms with van der Waals surface area (Å²) in [6.45, 7) is 10.2. The van der Waals surface area contributed by atoms with Crippen LogP contribution in [0.15, 0.2) is 9.52 Å². The quantitative estimate of drug-likeness (QED) is 0.611. The summed E-state index contributed by atoms with van der Waals surface area (Å²) in [6, 6.07) is 0.521. The van der Waals surface area contributed by atoms with Crippen LogP contribution >= 0.6 is 0 Å². The highest BCUT2D eigenvalue weighted by molar-refractivity contribution is 5.79. The lowest BCUT2D eigenvalue weighted by Gasteiger charge is -2.34. The van der Waals surface area contributed by atoms with Crippen molar-refractivity contribution in [3.8, 4) is 0 Å². The molecule has 0 bridgehead atoms.